The molecule has 6 rings (SSSR count). The molecule has 0 atom stereocenters. The fourth-order valence-electron chi connectivity index (χ4n) is 4.38. The van der Waals surface area contributed by atoms with Crippen LogP contribution in [-0.2, 0) is 13.1 Å². The maximum atomic E-state index is 13.3. The molecule has 180 valence electrons. The smallest absolute Gasteiger partial charge is 0.270 e. The molecular weight excluding hydrogens is 462 g/mol. The van der Waals surface area contributed by atoms with Gasteiger partial charge in [-0.2, -0.15) is 0 Å². The van der Waals surface area contributed by atoms with Gasteiger partial charge in [-0.15, -0.1) is 0 Å². The number of pyridine rings is 2. The van der Waals surface area contributed by atoms with Crippen LogP contribution in [0.25, 0.3) is 39.1 Å². The lowest BCUT2D eigenvalue weighted by Gasteiger charge is -2.13. The van der Waals surface area contributed by atoms with Gasteiger partial charge < -0.3 is 11.1 Å². The van der Waals surface area contributed by atoms with Gasteiger partial charge in [0.05, 0.1) is 30.0 Å². The first-order valence-corrected chi connectivity index (χ1v) is 12.0. The Bertz CT molecular complexity index is 1690. The molecule has 2 aromatic carbocycles. The number of quaternary nitrogens is 1. The highest BCUT2D eigenvalue weighted by Crippen LogP contribution is 2.34. The molecule has 8 heteroatoms. The molecule has 4 aromatic heterocycles. The van der Waals surface area contributed by atoms with Crippen LogP contribution in [0.3, 0.4) is 0 Å². The molecule has 6 aromatic rings. The second-order valence-corrected chi connectivity index (χ2v) is 8.67. The number of nitrogens with one attached hydrogen (secondary N) is 1. The van der Waals surface area contributed by atoms with Gasteiger partial charge in [0.25, 0.3) is 5.91 Å². The van der Waals surface area contributed by atoms with E-state index in [0.29, 0.717) is 28.1 Å². The van der Waals surface area contributed by atoms with E-state index in [0.717, 1.165) is 34.5 Å². The Labute approximate surface area is 212 Å². The zero-order valence-corrected chi connectivity index (χ0v) is 20.0. The Morgan fingerprint density at radius 1 is 0.892 bits per heavy atom. The lowest BCUT2D eigenvalue weighted by atomic mass is 9.96. The monoisotopic (exact) mass is 486 g/mol. The Hall–Kier alpha value is -4.95. The number of rotatable bonds is 6. The van der Waals surface area contributed by atoms with Crippen LogP contribution in [0.5, 0.6) is 0 Å². The Kier molecular flexibility index (Phi) is 5.84. The zero-order chi connectivity index (χ0) is 25.2. The van der Waals surface area contributed by atoms with Crippen LogP contribution in [0.4, 0.5) is 0 Å². The standard InChI is InChI=1S/C29H23N7O/c30-16-19-7-9-21(10-8-19)26-23(20-5-2-1-3-6-20)15-24-25(35-26)11-13-31-27(24)28(37)33-17-22-18-36-14-4-12-32-29(36)34-22/h1-15,18H,16-17,30H2,(H,33,37)/p+1. The van der Waals surface area contributed by atoms with Crippen LogP contribution in [0.1, 0.15) is 21.7 Å². The summed E-state index contributed by atoms with van der Waals surface area (Å²) in [7, 11) is 0. The molecule has 0 saturated heterocycles. The van der Waals surface area contributed by atoms with Crippen LogP contribution >= 0.6 is 0 Å². The molecule has 0 aliphatic carbocycles. The molecule has 0 aliphatic heterocycles. The minimum Gasteiger partial charge on any atom is -0.354 e. The highest BCUT2D eigenvalue weighted by Gasteiger charge is 2.18. The SMILES string of the molecule is [NH3+]Cc1ccc(-c2nc3ccnc(C(=O)NCc4cn5cccnc5n4)c3cc2-c2ccccc2)cc1. The van der Waals surface area contributed by atoms with Crippen molar-refractivity contribution in [2.45, 2.75) is 13.1 Å². The van der Waals surface area contributed by atoms with E-state index in [2.05, 4.69) is 50.3 Å². The van der Waals surface area contributed by atoms with Gasteiger partial charge in [0.1, 0.15) is 5.69 Å². The van der Waals surface area contributed by atoms with Gasteiger partial charge in [0, 0.05) is 46.9 Å². The van der Waals surface area contributed by atoms with Crippen molar-refractivity contribution in [3.05, 3.63) is 115 Å². The van der Waals surface area contributed by atoms with E-state index in [-0.39, 0.29) is 12.5 Å². The molecular formula is C29H24N7O+. The summed E-state index contributed by atoms with van der Waals surface area (Å²) in [6.45, 7) is 0.989. The number of imidazole rings is 1. The number of carbonyl (C=O) groups is 1. The molecule has 0 unspecified atom stereocenters. The van der Waals surface area contributed by atoms with E-state index in [1.54, 1.807) is 12.4 Å². The third-order valence-electron chi connectivity index (χ3n) is 6.27. The predicted octanol–water partition coefficient (Wildman–Crippen LogP) is 3.68. The van der Waals surface area contributed by atoms with Crippen molar-refractivity contribution in [1.82, 2.24) is 29.7 Å². The van der Waals surface area contributed by atoms with Crippen LogP contribution in [-0.4, -0.2) is 30.2 Å². The summed E-state index contributed by atoms with van der Waals surface area (Å²) < 4.78 is 1.82. The molecule has 1 amide bonds. The lowest BCUT2D eigenvalue weighted by molar-refractivity contribution is -0.386. The van der Waals surface area contributed by atoms with Crippen molar-refractivity contribution < 1.29 is 10.5 Å². The summed E-state index contributed by atoms with van der Waals surface area (Å²) in [4.78, 5) is 31.4. The number of aromatic nitrogens is 5. The van der Waals surface area contributed by atoms with Crippen molar-refractivity contribution in [1.29, 1.82) is 0 Å². The van der Waals surface area contributed by atoms with Crippen LogP contribution in [0, 0.1) is 0 Å². The molecule has 37 heavy (non-hydrogen) atoms. The van der Waals surface area contributed by atoms with Gasteiger partial charge in [-0.05, 0) is 23.8 Å². The number of hydrogen-bond donors (Lipinski definition) is 2. The first-order chi connectivity index (χ1) is 18.2. The number of amides is 1. The summed E-state index contributed by atoms with van der Waals surface area (Å²) in [5.41, 5.74) is 10.7. The second-order valence-electron chi connectivity index (χ2n) is 8.67. The van der Waals surface area contributed by atoms with Gasteiger partial charge in [0.2, 0.25) is 5.78 Å². The van der Waals surface area contributed by atoms with Gasteiger partial charge in [-0.25, -0.2) is 15.0 Å². The maximum Gasteiger partial charge on any atom is 0.270 e. The largest absolute Gasteiger partial charge is 0.354 e. The van der Waals surface area contributed by atoms with Crippen molar-refractivity contribution in [2.24, 2.45) is 0 Å². The number of fused-ring (bicyclic) bond motifs is 2. The Balaban J connectivity index is 1.40. The first kappa shape index (κ1) is 22.5. The lowest BCUT2D eigenvalue weighted by Crippen LogP contribution is -2.47. The predicted molar refractivity (Wildman–Crippen MR) is 141 cm³/mol. The molecule has 4 N–H and O–H groups in total. The second kappa shape index (κ2) is 9.60. The minimum absolute atomic E-state index is 0.260. The van der Waals surface area contributed by atoms with Crippen molar-refractivity contribution in [3.8, 4) is 22.4 Å². The van der Waals surface area contributed by atoms with E-state index in [1.165, 1.54) is 0 Å². The summed E-state index contributed by atoms with van der Waals surface area (Å²) in [6, 6.07) is 24.0. The third kappa shape index (κ3) is 4.41. The zero-order valence-electron chi connectivity index (χ0n) is 20.0. The Morgan fingerprint density at radius 2 is 1.73 bits per heavy atom. The summed E-state index contributed by atoms with van der Waals surface area (Å²) in [6.07, 6.45) is 7.02. The average molecular weight is 487 g/mol. The van der Waals surface area contributed by atoms with Gasteiger partial charge in [-0.1, -0.05) is 54.6 Å². The maximum absolute atomic E-state index is 13.3. The van der Waals surface area contributed by atoms with Crippen molar-refractivity contribution in [3.63, 3.8) is 0 Å². The molecule has 0 saturated carbocycles. The van der Waals surface area contributed by atoms with E-state index < -0.39 is 0 Å². The molecule has 0 radical (unpaired) electrons. The van der Waals surface area contributed by atoms with E-state index in [9.17, 15) is 4.79 Å². The molecule has 8 nitrogen and oxygen atoms in total. The molecule has 0 bridgehead atoms. The summed E-state index contributed by atoms with van der Waals surface area (Å²) in [5.74, 6) is 0.298. The first-order valence-electron chi connectivity index (χ1n) is 12.0. The topological polar surface area (TPSA) is 113 Å². The number of benzene rings is 2. The van der Waals surface area contributed by atoms with E-state index in [4.69, 9.17) is 4.98 Å². The number of nitrogens with zero attached hydrogens (tertiary/aromatic N) is 5. The van der Waals surface area contributed by atoms with E-state index in [1.807, 2.05) is 65.3 Å². The van der Waals surface area contributed by atoms with E-state index >= 15 is 0 Å². The quantitative estimate of drug-likeness (QED) is 0.373. The van der Waals surface area contributed by atoms with Crippen molar-refractivity contribution >= 4 is 22.6 Å². The molecule has 4 heterocycles. The fourth-order valence-corrected chi connectivity index (χ4v) is 4.38. The minimum atomic E-state index is -0.288. The van der Waals surface area contributed by atoms with Gasteiger partial charge in [-0.3, -0.25) is 14.2 Å². The summed E-state index contributed by atoms with van der Waals surface area (Å²) in [5, 5.41) is 3.64. The average Bonchev–Trinajstić information content (AvgIpc) is 3.38. The summed E-state index contributed by atoms with van der Waals surface area (Å²) >= 11 is 0. The number of carbonyl (C=O) groups excluding carboxylic acids is 1. The van der Waals surface area contributed by atoms with Gasteiger partial charge in [0.15, 0.2) is 0 Å². The van der Waals surface area contributed by atoms with Gasteiger partial charge >= 0.3 is 0 Å². The molecule has 0 aliphatic rings. The molecule has 0 spiro atoms. The fraction of sp³-hybridized carbons (Fsp3) is 0.0690. The van der Waals surface area contributed by atoms with Crippen LogP contribution in [0.2, 0.25) is 0 Å². The Morgan fingerprint density at radius 3 is 2.51 bits per heavy atom. The normalized spacial score (nSPS) is 11.2. The highest BCUT2D eigenvalue weighted by atomic mass is 16.1. The third-order valence-corrected chi connectivity index (χ3v) is 6.27. The van der Waals surface area contributed by atoms with Crippen molar-refractivity contribution in [2.75, 3.05) is 0 Å². The highest BCUT2D eigenvalue weighted by molar-refractivity contribution is 6.06. The number of hydrogen-bond acceptors (Lipinski definition) is 5. The van der Waals surface area contributed by atoms with Crippen LogP contribution < -0.4 is 11.1 Å². The molecule has 0 fully saturated rings. The van der Waals surface area contributed by atoms with Crippen LogP contribution in [0.15, 0.2) is 97.6 Å².